The number of fused-ring (bicyclic) bond motifs is 2. The quantitative estimate of drug-likeness (QED) is 0.610. The SMILES string of the molecule is Cc1nc2ccc(Cc3nc4ccccc4[nH]3)cc2n1C. The summed E-state index contributed by atoms with van der Waals surface area (Å²) in [7, 11) is 2.05. The minimum Gasteiger partial charge on any atom is -0.342 e. The Morgan fingerprint density at radius 1 is 1.05 bits per heavy atom. The van der Waals surface area contributed by atoms with Crippen LogP contribution >= 0.6 is 0 Å². The highest BCUT2D eigenvalue weighted by molar-refractivity contribution is 5.77. The fourth-order valence-electron chi connectivity index (χ4n) is 2.75. The maximum atomic E-state index is 4.64. The van der Waals surface area contributed by atoms with Gasteiger partial charge in [-0.05, 0) is 36.8 Å². The van der Waals surface area contributed by atoms with Gasteiger partial charge in [0.15, 0.2) is 0 Å². The fourth-order valence-corrected chi connectivity index (χ4v) is 2.75. The smallest absolute Gasteiger partial charge is 0.111 e. The molecule has 0 bridgehead atoms. The van der Waals surface area contributed by atoms with Crippen LogP contribution < -0.4 is 0 Å². The van der Waals surface area contributed by atoms with Gasteiger partial charge in [-0.3, -0.25) is 0 Å². The lowest BCUT2D eigenvalue weighted by Crippen LogP contribution is -1.93. The Balaban J connectivity index is 1.74. The first-order valence-electron chi connectivity index (χ1n) is 7.06. The van der Waals surface area contributed by atoms with E-state index in [0.717, 1.165) is 34.6 Å². The number of benzene rings is 2. The van der Waals surface area contributed by atoms with E-state index in [1.54, 1.807) is 0 Å². The summed E-state index contributed by atoms with van der Waals surface area (Å²) in [5.41, 5.74) is 5.56. The number of aryl methyl sites for hydroxylation is 2. The molecule has 104 valence electrons. The van der Waals surface area contributed by atoms with Crippen molar-refractivity contribution >= 4 is 22.1 Å². The zero-order valence-electron chi connectivity index (χ0n) is 12.1. The number of H-pyrrole nitrogens is 1. The van der Waals surface area contributed by atoms with Crippen molar-refractivity contribution in [1.82, 2.24) is 19.5 Å². The Hall–Kier alpha value is -2.62. The Kier molecular flexibility index (Phi) is 2.57. The van der Waals surface area contributed by atoms with E-state index in [9.17, 15) is 0 Å². The van der Waals surface area contributed by atoms with Gasteiger partial charge in [-0.1, -0.05) is 18.2 Å². The third-order valence-electron chi connectivity index (χ3n) is 3.98. The van der Waals surface area contributed by atoms with Gasteiger partial charge in [0, 0.05) is 13.5 Å². The first-order chi connectivity index (χ1) is 10.2. The lowest BCUT2D eigenvalue weighted by Gasteiger charge is -2.01. The molecule has 0 aliphatic heterocycles. The molecule has 4 rings (SSSR count). The van der Waals surface area contributed by atoms with E-state index in [1.807, 2.05) is 25.1 Å². The number of hydrogen-bond acceptors (Lipinski definition) is 2. The molecule has 0 atom stereocenters. The van der Waals surface area contributed by atoms with Crippen LogP contribution in [0.4, 0.5) is 0 Å². The topological polar surface area (TPSA) is 46.5 Å². The molecule has 0 unspecified atom stereocenters. The first kappa shape index (κ1) is 12.1. The van der Waals surface area contributed by atoms with Crippen molar-refractivity contribution in [3.8, 4) is 0 Å². The van der Waals surface area contributed by atoms with Crippen molar-refractivity contribution in [2.24, 2.45) is 7.05 Å². The van der Waals surface area contributed by atoms with E-state index in [4.69, 9.17) is 0 Å². The summed E-state index contributed by atoms with van der Waals surface area (Å²) in [6.45, 7) is 2.03. The average molecular weight is 276 g/mol. The van der Waals surface area contributed by atoms with Gasteiger partial charge in [0.1, 0.15) is 11.6 Å². The number of para-hydroxylation sites is 2. The third-order valence-corrected chi connectivity index (χ3v) is 3.98. The van der Waals surface area contributed by atoms with E-state index < -0.39 is 0 Å². The van der Waals surface area contributed by atoms with E-state index in [-0.39, 0.29) is 0 Å². The third kappa shape index (κ3) is 2.00. The molecule has 2 aromatic heterocycles. The van der Waals surface area contributed by atoms with Gasteiger partial charge in [-0.2, -0.15) is 0 Å². The van der Waals surface area contributed by atoms with Gasteiger partial charge >= 0.3 is 0 Å². The highest BCUT2D eigenvalue weighted by Gasteiger charge is 2.07. The van der Waals surface area contributed by atoms with Crippen LogP contribution in [0.5, 0.6) is 0 Å². The summed E-state index contributed by atoms with van der Waals surface area (Å²) in [5.74, 6) is 2.03. The van der Waals surface area contributed by atoms with Crippen LogP contribution in [-0.2, 0) is 13.5 Å². The molecular formula is C17H16N4. The Morgan fingerprint density at radius 3 is 2.76 bits per heavy atom. The van der Waals surface area contributed by atoms with Crippen LogP contribution in [-0.4, -0.2) is 19.5 Å². The minimum absolute atomic E-state index is 0.800. The molecule has 2 heterocycles. The molecule has 0 saturated heterocycles. The van der Waals surface area contributed by atoms with Crippen molar-refractivity contribution in [2.45, 2.75) is 13.3 Å². The lowest BCUT2D eigenvalue weighted by molar-refractivity contribution is 0.885. The minimum atomic E-state index is 0.800. The summed E-state index contributed by atoms with van der Waals surface area (Å²) < 4.78 is 2.12. The number of rotatable bonds is 2. The van der Waals surface area contributed by atoms with Crippen molar-refractivity contribution in [1.29, 1.82) is 0 Å². The molecule has 4 heteroatoms. The number of nitrogens with one attached hydrogen (secondary N) is 1. The summed E-state index contributed by atoms with van der Waals surface area (Å²) in [6.07, 6.45) is 0.800. The van der Waals surface area contributed by atoms with Crippen LogP contribution in [0.1, 0.15) is 17.2 Å². The molecule has 0 aliphatic carbocycles. The monoisotopic (exact) mass is 276 g/mol. The second-order valence-electron chi connectivity index (χ2n) is 5.42. The van der Waals surface area contributed by atoms with Crippen LogP contribution in [0.3, 0.4) is 0 Å². The number of aromatic nitrogens is 4. The van der Waals surface area contributed by atoms with Gasteiger partial charge in [0.25, 0.3) is 0 Å². The van der Waals surface area contributed by atoms with Gasteiger partial charge in [0.05, 0.1) is 22.1 Å². The summed E-state index contributed by atoms with van der Waals surface area (Å²) in [4.78, 5) is 12.6. The lowest BCUT2D eigenvalue weighted by atomic mass is 10.1. The van der Waals surface area contributed by atoms with Crippen LogP contribution in [0.25, 0.3) is 22.1 Å². The van der Waals surface area contributed by atoms with Gasteiger partial charge in [-0.25, -0.2) is 9.97 Å². The van der Waals surface area contributed by atoms with Crippen LogP contribution in [0.2, 0.25) is 0 Å². The molecule has 0 aliphatic rings. The molecule has 0 fully saturated rings. The number of hydrogen-bond donors (Lipinski definition) is 1. The normalized spacial score (nSPS) is 11.5. The molecule has 0 radical (unpaired) electrons. The van der Waals surface area contributed by atoms with E-state index >= 15 is 0 Å². The second-order valence-corrected chi connectivity index (χ2v) is 5.42. The van der Waals surface area contributed by atoms with Gasteiger partial charge in [0.2, 0.25) is 0 Å². The predicted molar refractivity (Wildman–Crippen MR) is 84.4 cm³/mol. The molecule has 0 amide bonds. The molecule has 4 nitrogen and oxygen atoms in total. The van der Waals surface area contributed by atoms with E-state index in [2.05, 4.69) is 50.8 Å². The number of nitrogens with zero attached hydrogens (tertiary/aromatic N) is 3. The fraction of sp³-hybridized carbons (Fsp3) is 0.176. The van der Waals surface area contributed by atoms with Crippen LogP contribution in [0, 0.1) is 6.92 Å². The van der Waals surface area contributed by atoms with Gasteiger partial charge < -0.3 is 9.55 Å². The molecule has 0 saturated carbocycles. The van der Waals surface area contributed by atoms with E-state index in [0.29, 0.717) is 0 Å². The highest BCUT2D eigenvalue weighted by Crippen LogP contribution is 2.19. The maximum Gasteiger partial charge on any atom is 0.111 e. The van der Waals surface area contributed by atoms with Crippen molar-refractivity contribution in [2.75, 3.05) is 0 Å². The van der Waals surface area contributed by atoms with Crippen molar-refractivity contribution in [3.63, 3.8) is 0 Å². The number of aromatic amines is 1. The molecule has 4 aromatic rings. The predicted octanol–water partition coefficient (Wildman–Crippen LogP) is 3.35. The van der Waals surface area contributed by atoms with E-state index in [1.165, 1.54) is 11.1 Å². The molecular weight excluding hydrogens is 260 g/mol. The summed E-state index contributed by atoms with van der Waals surface area (Å²) in [6, 6.07) is 14.5. The Labute approximate surface area is 122 Å². The molecule has 21 heavy (non-hydrogen) atoms. The average Bonchev–Trinajstić information content (AvgIpc) is 3.01. The summed E-state index contributed by atoms with van der Waals surface area (Å²) in [5, 5.41) is 0. The zero-order valence-corrected chi connectivity index (χ0v) is 12.1. The molecule has 0 spiro atoms. The standard InChI is InChI=1S/C17H16N4/c1-11-18-15-8-7-12(9-16(15)21(11)2)10-17-19-13-5-3-4-6-14(13)20-17/h3-9H,10H2,1-2H3,(H,19,20). The van der Waals surface area contributed by atoms with Crippen molar-refractivity contribution < 1.29 is 0 Å². The van der Waals surface area contributed by atoms with Crippen molar-refractivity contribution in [3.05, 3.63) is 59.7 Å². The maximum absolute atomic E-state index is 4.64. The Bertz CT molecular complexity index is 913. The zero-order chi connectivity index (χ0) is 14.4. The summed E-state index contributed by atoms with van der Waals surface area (Å²) >= 11 is 0. The second kappa shape index (κ2) is 4.45. The Morgan fingerprint density at radius 2 is 1.90 bits per heavy atom. The molecule has 2 aromatic carbocycles. The van der Waals surface area contributed by atoms with Gasteiger partial charge in [-0.15, -0.1) is 0 Å². The number of imidazole rings is 2. The largest absolute Gasteiger partial charge is 0.342 e. The van der Waals surface area contributed by atoms with Crippen LogP contribution in [0.15, 0.2) is 42.5 Å². The highest BCUT2D eigenvalue weighted by atomic mass is 15.0. The first-order valence-corrected chi connectivity index (χ1v) is 7.06. The molecule has 1 N–H and O–H groups in total.